The Kier molecular flexibility index (Phi) is 2.02. The van der Waals surface area contributed by atoms with E-state index in [2.05, 4.69) is 5.32 Å². The van der Waals surface area contributed by atoms with Crippen LogP contribution in [0.4, 0.5) is 4.39 Å². The molecule has 0 saturated carbocycles. The molecule has 1 aromatic rings. The van der Waals surface area contributed by atoms with Crippen LogP contribution in [0.5, 0.6) is 0 Å². The fraction of sp³-hybridized carbons (Fsp3) is 0.333. The maximum atomic E-state index is 13.0. The maximum Gasteiger partial charge on any atom is 0.125 e. The predicted molar refractivity (Wildman–Crippen MR) is 50.1 cm³/mol. The van der Waals surface area contributed by atoms with Crippen LogP contribution < -0.4 is 11.1 Å². The molecule has 2 nitrogen and oxygen atoms in total. The molecule has 1 heterocycles. The monoisotopic (exact) mass is 200 g/mol. The Hall–Kier alpha value is -0.640. The van der Waals surface area contributed by atoms with Crippen LogP contribution in [0, 0.1) is 5.82 Å². The summed E-state index contributed by atoms with van der Waals surface area (Å²) in [5.74, 6) is -0.334. The fourth-order valence-electron chi connectivity index (χ4n) is 1.44. The van der Waals surface area contributed by atoms with Crippen molar-refractivity contribution in [3.05, 3.63) is 34.6 Å². The molecule has 1 aromatic carbocycles. The zero-order chi connectivity index (χ0) is 9.47. The van der Waals surface area contributed by atoms with E-state index in [9.17, 15) is 4.39 Å². The Balaban J connectivity index is 2.39. The summed E-state index contributed by atoms with van der Waals surface area (Å²) in [6.45, 7) is 1.35. The van der Waals surface area contributed by atoms with Gasteiger partial charge in [0.2, 0.25) is 0 Å². The smallest absolute Gasteiger partial charge is 0.125 e. The molecule has 2 rings (SSSR count). The summed E-state index contributed by atoms with van der Waals surface area (Å²) in [5, 5.41) is 3.44. The highest BCUT2D eigenvalue weighted by Crippen LogP contribution is 2.25. The van der Waals surface area contributed by atoms with Gasteiger partial charge in [0.25, 0.3) is 0 Å². The molecule has 0 radical (unpaired) electrons. The fourth-order valence-corrected chi connectivity index (χ4v) is 1.66. The highest BCUT2D eigenvalue weighted by Gasteiger charge is 2.34. The number of nitrogens with two attached hydrogens (primary N) is 1. The molecule has 0 amide bonds. The maximum absolute atomic E-state index is 13.0. The summed E-state index contributed by atoms with van der Waals surface area (Å²) in [5.41, 5.74) is 6.30. The van der Waals surface area contributed by atoms with Gasteiger partial charge in [-0.1, -0.05) is 11.6 Å². The van der Waals surface area contributed by atoms with Crippen molar-refractivity contribution in [1.82, 2.24) is 5.32 Å². The SMILES string of the molecule is NC1(c2cc(F)cc(Cl)c2)CNC1. The number of benzene rings is 1. The molecular weight excluding hydrogens is 191 g/mol. The Morgan fingerprint density at radius 2 is 2.08 bits per heavy atom. The third-order valence-electron chi connectivity index (χ3n) is 2.32. The number of halogens is 2. The lowest BCUT2D eigenvalue weighted by Crippen LogP contribution is -2.62. The molecule has 0 spiro atoms. The van der Waals surface area contributed by atoms with Crippen LogP contribution in [0.3, 0.4) is 0 Å². The minimum Gasteiger partial charge on any atom is -0.319 e. The van der Waals surface area contributed by atoms with Crippen molar-refractivity contribution < 1.29 is 4.39 Å². The van der Waals surface area contributed by atoms with Gasteiger partial charge < -0.3 is 11.1 Å². The molecule has 0 atom stereocenters. The molecule has 0 aliphatic carbocycles. The van der Waals surface area contributed by atoms with Crippen molar-refractivity contribution in [3.8, 4) is 0 Å². The second-order valence-electron chi connectivity index (χ2n) is 3.42. The molecule has 70 valence electrons. The zero-order valence-electron chi connectivity index (χ0n) is 6.98. The predicted octanol–water partition coefficient (Wildman–Crippen LogP) is 1.24. The van der Waals surface area contributed by atoms with E-state index < -0.39 is 5.54 Å². The zero-order valence-corrected chi connectivity index (χ0v) is 7.74. The Morgan fingerprint density at radius 1 is 1.38 bits per heavy atom. The van der Waals surface area contributed by atoms with Crippen LogP contribution in [-0.2, 0) is 5.54 Å². The first-order valence-corrected chi connectivity index (χ1v) is 4.44. The van der Waals surface area contributed by atoms with E-state index in [0.717, 1.165) is 5.56 Å². The van der Waals surface area contributed by atoms with Crippen LogP contribution in [-0.4, -0.2) is 13.1 Å². The van der Waals surface area contributed by atoms with Gasteiger partial charge in [0, 0.05) is 18.1 Å². The molecule has 4 heteroatoms. The first kappa shape index (κ1) is 8.94. The van der Waals surface area contributed by atoms with E-state index in [1.165, 1.54) is 12.1 Å². The summed E-state index contributed by atoms with van der Waals surface area (Å²) in [4.78, 5) is 0. The normalized spacial score (nSPS) is 19.6. The van der Waals surface area contributed by atoms with E-state index in [1.54, 1.807) is 6.07 Å². The molecule has 1 fully saturated rings. The van der Waals surface area contributed by atoms with E-state index in [0.29, 0.717) is 18.1 Å². The molecule has 0 aromatic heterocycles. The lowest BCUT2D eigenvalue weighted by atomic mass is 9.85. The topological polar surface area (TPSA) is 38.0 Å². The van der Waals surface area contributed by atoms with E-state index in [-0.39, 0.29) is 5.82 Å². The molecule has 0 unspecified atom stereocenters. The number of hydrogen-bond donors (Lipinski definition) is 2. The van der Waals surface area contributed by atoms with Gasteiger partial charge in [-0.25, -0.2) is 4.39 Å². The number of nitrogens with one attached hydrogen (secondary N) is 1. The van der Waals surface area contributed by atoms with E-state index in [4.69, 9.17) is 17.3 Å². The Morgan fingerprint density at radius 3 is 2.54 bits per heavy atom. The van der Waals surface area contributed by atoms with Crippen LogP contribution in [0.15, 0.2) is 18.2 Å². The van der Waals surface area contributed by atoms with Crippen molar-refractivity contribution in [1.29, 1.82) is 0 Å². The lowest BCUT2D eigenvalue weighted by molar-refractivity contribution is 0.286. The largest absolute Gasteiger partial charge is 0.319 e. The highest BCUT2D eigenvalue weighted by atomic mass is 35.5. The molecule has 1 saturated heterocycles. The second-order valence-corrected chi connectivity index (χ2v) is 3.85. The highest BCUT2D eigenvalue weighted by molar-refractivity contribution is 6.30. The first-order chi connectivity index (χ1) is 6.10. The van der Waals surface area contributed by atoms with Gasteiger partial charge in [-0.3, -0.25) is 0 Å². The lowest BCUT2D eigenvalue weighted by Gasteiger charge is -2.39. The minimum atomic E-state index is -0.439. The molecule has 3 N–H and O–H groups in total. The van der Waals surface area contributed by atoms with E-state index >= 15 is 0 Å². The first-order valence-electron chi connectivity index (χ1n) is 4.06. The van der Waals surface area contributed by atoms with E-state index in [1.807, 2.05) is 0 Å². The average molecular weight is 201 g/mol. The summed E-state index contributed by atoms with van der Waals surface area (Å²) in [6.07, 6.45) is 0. The standard InChI is InChI=1S/C9H10ClFN2/c10-7-1-6(2-8(11)3-7)9(12)4-13-5-9/h1-3,13H,4-5,12H2. The van der Waals surface area contributed by atoms with Crippen LogP contribution in [0.25, 0.3) is 0 Å². The van der Waals surface area contributed by atoms with Crippen molar-refractivity contribution >= 4 is 11.6 Å². The van der Waals surface area contributed by atoms with Gasteiger partial charge in [-0.15, -0.1) is 0 Å². The summed E-state index contributed by atoms with van der Waals surface area (Å²) in [7, 11) is 0. The van der Waals surface area contributed by atoms with Gasteiger partial charge in [-0.2, -0.15) is 0 Å². The van der Waals surface area contributed by atoms with Gasteiger partial charge in [0.05, 0.1) is 5.54 Å². The third-order valence-corrected chi connectivity index (χ3v) is 2.54. The van der Waals surface area contributed by atoms with Crippen LogP contribution in [0.2, 0.25) is 5.02 Å². The molecular formula is C9H10ClFN2. The van der Waals surface area contributed by atoms with Crippen molar-refractivity contribution in [2.24, 2.45) is 5.73 Å². The number of hydrogen-bond acceptors (Lipinski definition) is 2. The Bertz CT molecular complexity index is 316. The molecule has 0 bridgehead atoms. The average Bonchev–Trinajstić information content (AvgIpc) is 1.98. The summed E-state index contributed by atoms with van der Waals surface area (Å²) in [6, 6.07) is 4.43. The number of rotatable bonds is 1. The second kappa shape index (κ2) is 2.94. The van der Waals surface area contributed by atoms with Crippen LogP contribution >= 0.6 is 11.6 Å². The van der Waals surface area contributed by atoms with Crippen LogP contribution in [0.1, 0.15) is 5.56 Å². The van der Waals surface area contributed by atoms with Gasteiger partial charge in [-0.05, 0) is 23.8 Å². The molecule has 1 aliphatic heterocycles. The van der Waals surface area contributed by atoms with Crippen molar-refractivity contribution in [2.45, 2.75) is 5.54 Å². The van der Waals surface area contributed by atoms with Crippen molar-refractivity contribution in [3.63, 3.8) is 0 Å². The van der Waals surface area contributed by atoms with Gasteiger partial charge in [0.15, 0.2) is 0 Å². The summed E-state index contributed by atoms with van der Waals surface area (Å²) < 4.78 is 13.0. The quantitative estimate of drug-likeness (QED) is 0.716. The van der Waals surface area contributed by atoms with Crippen molar-refractivity contribution in [2.75, 3.05) is 13.1 Å². The Labute approximate surface area is 80.9 Å². The molecule has 13 heavy (non-hydrogen) atoms. The van der Waals surface area contributed by atoms with Gasteiger partial charge in [0.1, 0.15) is 5.82 Å². The molecule has 1 aliphatic rings. The minimum absolute atomic E-state index is 0.334. The summed E-state index contributed by atoms with van der Waals surface area (Å²) >= 11 is 5.72. The van der Waals surface area contributed by atoms with Gasteiger partial charge >= 0.3 is 0 Å². The third kappa shape index (κ3) is 1.55.